The van der Waals surface area contributed by atoms with Gasteiger partial charge in [-0.3, -0.25) is 9.44 Å². The van der Waals surface area contributed by atoms with E-state index in [1.807, 2.05) is 38.2 Å². The molecule has 1 amide bonds. The third kappa shape index (κ3) is 6.41. The number of hydroxylamine groups is 2. The van der Waals surface area contributed by atoms with Gasteiger partial charge in [-0.2, -0.15) is 30.9 Å². The van der Waals surface area contributed by atoms with Gasteiger partial charge in [0.2, 0.25) is 5.91 Å². The van der Waals surface area contributed by atoms with Gasteiger partial charge in [-0.25, -0.2) is 0 Å². The van der Waals surface area contributed by atoms with Gasteiger partial charge < -0.3 is 15.0 Å². The van der Waals surface area contributed by atoms with Crippen molar-refractivity contribution in [2.45, 2.75) is 38.5 Å². The Morgan fingerprint density at radius 2 is 1.42 bits per heavy atom. The zero-order chi connectivity index (χ0) is 32.1. The lowest BCUT2D eigenvalue weighted by molar-refractivity contribution is -0.884. The topological polar surface area (TPSA) is 51.7 Å². The number of alkyl halides is 6. The van der Waals surface area contributed by atoms with E-state index < -0.39 is 45.0 Å². The van der Waals surface area contributed by atoms with Crippen LogP contribution in [0.15, 0.2) is 54.7 Å². The molecule has 0 unspecified atom stereocenters. The maximum Gasteiger partial charge on any atom is 0.416 e. The Morgan fingerprint density at radius 3 is 1.93 bits per heavy atom. The second-order valence-electron chi connectivity index (χ2n) is 11.9. The van der Waals surface area contributed by atoms with Gasteiger partial charge in [0.05, 0.1) is 29.7 Å². The van der Waals surface area contributed by atoms with Crippen LogP contribution in [0, 0.1) is 12.1 Å². The fourth-order valence-electron chi connectivity index (χ4n) is 5.56. The van der Waals surface area contributed by atoms with Crippen LogP contribution in [-0.2, 0) is 29.6 Å². The summed E-state index contributed by atoms with van der Waals surface area (Å²) in [5, 5.41) is 14.0. The fourth-order valence-corrected chi connectivity index (χ4v) is 5.56. The predicted molar refractivity (Wildman–Crippen MR) is 152 cm³/mol. The molecule has 1 saturated heterocycles. The summed E-state index contributed by atoms with van der Waals surface area (Å²) in [6, 6.07) is 10.3. The van der Waals surface area contributed by atoms with Crippen LogP contribution in [0.25, 0.3) is 11.1 Å². The molecular formula is C31H36F6N4O2+2. The highest BCUT2D eigenvalue weighted by Crippen LogP contribution is 2.41. The quantitative estimate of drug-likeness (QED) is 0.196. The molecule has 12 heteroatoms. The highest BCUT2D eigenvalue weighted by atomic mass is 19.4. The molecule has 1 fully saturated rings. The normalized spacial score (nSPS) is 19.8. The van der Waals surface area contributed by atoms with Crippen molar-refractivity contribution in [3.63, 3.8) is 0 Å². The Kier molecular flexibility index (Phi) is 8.46. The predicted octanol–water partition coefficient (Wildman–Crippen LogP) is 4.80. The van der Waals surface area contributed by atoms with E-state index in [9.17, 15) is 36.3 Å². The molecule has 232 valence electrons. The van der Waals surface area contributed by atoms with Crippen LogP contribution >= 0.6 is 0 Å². The largest absolute Gasteiger partial charge is 0.623 e. The van der Waals surface area contributed by atoms with Gasteiger partial charge in [0.25, 0.3) is 0 Å². The number of benzene rings is 2. The third-order valence-corrected chi connectivity index (χ3v) is 8.39. The van der Waals surface area contributed by atoms with Crippen molar-refractivity contribution in [2.75, 3.05) is 45.2 Å². The fraction of sp³-hybridized carbons (Fsp3) is 0.419. The summed E-state index contributed by atoms with van der Waals surface area (Å²) in [5.41, 5.74) is -2.69. The zero-order valence-electron chi connectivity index (χ0n) is 25.0. The van der Waals surface area contributed by atoms with Crippen molar-refractivity contribution < 1.29 is 40.6 Å². The van der Waals surface area contributed by atoms with Crippen molar-refractivity contribution in [2.24, 2.45) is 7.05 Å². The number of piperazine rings is 1. The second kappa shape index (κ2) is 11.2. The summed E-state index contributed by atoms with van der Waals surface area (Å²) in [5.74, 6) is -0.251. The number of hydrogen-bond acceptors (Lipinski definition) is 2. The number of carbonyl (C=O) groups excluding carboxylic acids is 1. The molecule has 1 aromatic heterocycles. The molecule has 0 atom stereocenters. The maximum atomic E-state index is 14.0. The second-order valence-corrected chi connectivity index (χ2v) is 11.9. The minimum atomic E-state index is -5.05. The summed E-state index contributed by atoms with van der Waals surface area (Å²) in [6.45, 7) is 6.53. The zero-order valence-corrected chi connectivity index (χ0v) is 25.0. The Balaban J connectivity index is 1.86. The lowest BCUT2D eigenvalue weighted by atomic mass is 9.81. The van der Waals surface area contributed by atoms with E-state index in [-0.39, 0.29) is 6.07 Å². The molecule has 2 aromatic carbocycles. The molecule has 0 spiro atoms. The number of likely N-dealkylation sites (N-methyl/N-ethyl adjacent to an activating group) is 2. The minimum absolute atomic E-state index is 0.0459. The van der Waals surface area contributed by atoms with Crippen LogP contribution in [0.4, 0.5) is 37.8 Å². The number of amides is 1. The molecule has 1 aliphatic rings. The van der Waals surface area contributed by atoms with Crippen molar-refractivity contribution in [1.82, 2.24) is 4.65 Å². The lowest BCUT2D eigenvalue weighted by Crippen LogP contribution is -3.12. The highest BCUT2D eigenvalue weighted by Gasteiger charge is 2.42. The molecular weight excluding hydrogens is 574 g/mol. The number of nitrogens with one attached hydrogen (secondary N) is 1. The molecule has 0 radical (unpaired) electrons. The van der Waals surface area contributed by atoms with Gasteiger partial charge in [0.15, 0.2) is 6.20 Å². The first-order valence-corrected chi connectivity index (χ1v) is 13.8. The molecule has 0 aliphatic carbocycles. The van der Waals surface area contributed by atoms with Gasteiger partial charge >= 0.3 is 18.2 Å². The highest BCUT2D eigenvalue weighted by molar-refractivity contribution is 6.03. The van der Waals surface area contributed by atoms with Gasteiger partial charge in [-0.15, -0.1) is 0 Å². The standard InChI is InChI=1S/C31H35F6N4O2/c1-20-9-7-8-10-24(20)25-18-27(41(43)13-11-38(4)12-14-41)39(5)19-26(25)40(6)28(42)29(2,3)21-15-22(30(32,33)34)17-23(16-21)31(35,36)37/h7-10,15-19H,11-14H2,1-6H3/q+1/p+1. The number of aryl methyl sites for hydroxylation is 2. The van der Waals surface area contributed by atoms with E-state index in [1.54, 1.807) is 23.9 Å². The number of hydrogen-bond donors (Lipinski definition) is 1. The lowest BCUT2D eigenvalue weighted by Gasteiger charge is -2.42. The van der Waals surface area contributed by atoms with Crippen LogP contribution in [0.2, 0.25) is 0 Å². The Hall–Kier alpha value is -3.48. The average Bonchev–Trinajstić information content (AvgIpc) is 2.93. The number of anilines is 1. The van der Waals surface area contributed by atoms with E-state index in [2.05, 4.69) is 0 Å². The molecule has 2 heterocycles. The van der Waals surface area contributed by atoms with Crippen LogP contribution in [0.1, 0.15) is 36.1 Å². The molecule has 43 heavy (non-hydrogen) atoms. The minimum Gasteiger partial charge on any atom is -0.623 e. The average molecular weight is 611 g/mol. The summed E-state index contributed by atoms with van der Waals surface area (Å²) in [7, 11) is 5.14. The molecule has 0 saturated carbocycles. The number of carbonyl (C=O) groups is 1. The summed E-state index contributed by atoms with van der Waals surface area (Å²) in [4.78, 5) is 16.5. The van der Waals surface area contributed by atoms with Gasteiger partial charge in [-0.1, -0.05) is 24.3 Å². The first kappa shape index (κ1) is 32.4. The third-order valence-electron chi connectivity index (χ3n) is 8.39. The van der Waals surface area contributed by atoms with Crippen LogP contribution in [0.3, 0.4) is 0 Å². The van der Waals surface area contributed by atoms with Gasteiger partial charge in [0, 0.05) is 12.6 Å². The number of quaternary nitrogens is 2. The van der Waals surface area contributed by atoms with Crippen molar-refractivity contribution in [3.05, 3.63) is 82.2 Å². The van der Waals surface area contributed by atoms with E-state index >= 15 is 0 Å². The number of halogens is 6. The number of nitrogens with zero attached hydrogens (tertiary/aromatic N) is 3. The monoisotopic (exact) mass is 610 g/mol. The van der Waals surface area contributed by atoms with E-state index in [0.717, 1.165) is 11.1 Å². The number of aromatic nitrogens is 1. The van der Waals surface area contributed by atoms with Crippen molar-refractivity contribution in [1.29, 1.82) is 0 Å². The molecule has 3 aromatic rings. The molecule has 1 aliphatic heterocycles. The molecule has 4 rings (SSSR count). The van der Waals surface area contributed by atoms with Crippen molar-refractivity contribution in [3.8, 4) is 11.1 Å². The van der Waals surface area contributed by atoms with Gasteiger partial charge in [-0.05, 0) is 55.7 Å². The van der Waals surface area contributed by atoms with E-state index in [4.69, 9.17) is 0 Å². The Morgan fingerprint density at radius 1 is 0.907 bits per heavy atom. The summed E-state index contributed by atoms with van der Waals surface area (Å²) < 4.78 is 82.8. The van der Waals surface area contributed by atoms with Gasteiger partial charge in [0.1, 0.15) is 38.9 Å². The van der Waals surface area contributed by atoms with Crippen LogP contribution in [-0.4, -0.2) is 46.2 Å². The van der Waals surface area contributed by atoms with E-state index in [0.29, 0.717) is 55.4 Å². The van der Waals surface area contributed by atoms with Crippen LogP contribution in [0.5, 0.6) is 0 Å². The smallest absolute Gasteiger partial charge is 0.416 e. The summed E-state index contributed by atoms with van der Waals surface area (Å²) in [6.07, 6.45) is -8.48. The summed E-state index contributed by atoms with van der Waals surface area (Å²) >= 11 is 0. The Labute approximate surface area is 246 Å². The number of pyridine rings is 1. The molecule has 6 nitrogen and oxygen atoms in total. The number of rotatable bonds is 5. The van der Waals surface area contributed by atoms with Crippen molar-refractivity contribution >= 4 is 17.4 Å². The maximum absolute atomic E-state index is 14.0. The molecule has 1 N–H and O–H groups in total. The van der Waals surface area contributed by atoms with Crippen LogP contribution < -0.4 is 19.0 Å². The first-order chi connectivity index (χ1) is 19.8. The first-order valence-electron chi connectivity index (χ1n) is 13.8. The molecule has 0 bridgehead atoms. The Bertz CT molecular complexity index is 1490. The van der Waals surface area contributed by atoms with E-state index in [1.165, 1.54) is 30.7 Å². The SMILES string of the molecule is Cc1ccccc1-c1cc([N+]2([O-])CC[NH+](C)CC2)[n+](C)cc1N(C)C(=O)C(C)(C)c1cc(C(F)(F)F)cc(C(F)(F)F)c1.